The van der Waals surface area contributed by atoms with Gasteiger partial charge in [0, 0.05) is 13.1 Å². The van der Waals surface area contributed by atoms with Gasteiger partial charge in [-0.1, -0.05) is 12.1 Å². The van der Waals surface area contributed by atoms with Crippen LogP contribution in [-0.2, 0) is 4.74 Å². The van der Waals surface area contributed by atoms with Crippen molar-refractivity contribution in [2.45, 2.75) is 19.3 Å². The zero-order valence-electron chi connectivity index (χ0n) is 10.5. The van der Waals surface area contributed by atoms with Gasteiger partial charge in [0.1, 0.15) is 6.61 Å². The molecule has 0 N–H and O–H groups in total. The average Bonchev–Trinajstić information content (AvgIpc) is 2.86. The van der Waals surface area contributed by atoms with E-state index in [2.05, 4.69) is 11.0 Å². The van der Waals surface area contributed by atoms with E-state index in [1.54, 1.807) is 4.90 Å². The minimum Gasteiger partial charge on any atom is -0.447 e. The molecule has 0 radical (unpaired) electrons. The number of carbonyl (C=O) groups is 1. The zero-order valence-corrected chi connectivity index (χ0v) is 10.5. The Hall–Kier alpha value is -1.71. The Morgan fingerprint density at radius 1 is 0.944 bits per heavy atom. The second kappa shape index (κ2) is 4.88. The predicted octanol–water partition coefficient (Wildman–Crippen LogP) is 2.63. The van der Waals surface area contributed by atoms with Gasteiger partial charge in [0.15, 0.2) is 0 Å². The number of carbonyl (C=O) groups excluding carboxylic acids is 1. The van der Waals surface area contributed by atoms with Crippen molar-refractivity contribution in [2.75, 3.05) is 36.0 Å². The Morgan fingerprint density at radius 3 is 2.33 bits per heavy atom. The maximum absolute atomic E-state index is 11.7. The summed E-state index contributed by atoms with van der Waals surface area (Å²) in [5, 5.41) is 0. The first kappa shape index (κ1) is 11.4. The Morgan fingerprint density at radius 2 is 1.67 bits per heavy atom. The van der Waals surface area contributed by atoms with E-state index in [1.165, 1.54) is 19.3 Å². The summed E-state index contributed by atoms with van der Waals surface area (Å²) in [5.74, 6) is 0. The van der Waals surface area contributed by atoms with Crippen LogP contribution in [0.2, 0.25) is 0 Å². The van der Waals surface area contributed by atoms with Crippen LogP contribution in [0.15, 0.2) is 24.3 Å². The summed E-state index contributed by atoms with van der Waals surface area (Å²) >= 11 is 0. The number of para-hydroxylation sites is 2. The first-order valence-electron chi connectivity index (χ1n) is 6.64. The van der Waals surface area contributed by atoms with Crippen molar-refractivity contribution in [3.05, 3.63) is 24.3 Å². The third kappa shape index (κ3) is 2.03. The topological polar surface area (TPSA) is 32.8 Å². The fourth-order valence-corrected chi connectivity index (χ4v) is 2.71. The van der Waals surface area contributed by atoms with Crippen LogP contribution >= 0.6 is 0 Å². The lowest BCUT2D eigenvalue weighted by Gasteiger charge is -2.31. The van der Waals surface area contributed by atoms with Crippen molar-refractivity contribution < 1.29 is 9.53 Å². The molecule has 96 valence electrons. The molecule has 0 saturated carbocycles. The number of anilines is 2. The number of benzene rings is 1. The molecular formula is C14H18N2O2. The average molecular weight is 246 g/mol. The number of cyclic esters (lactones) is 1. The summed E-state index contributed by atoms with van der Waals surface area (Å²) in [4.78, 5) is 15.8. The molecule has 1 amide bonds. The number of amides is 1. The maximum Gasteiger partial charge on any atom is 0.414 e. The van der Waals surface area contributed by atoms with Crippen molar-refractivity contribution in [3.63, 3.8) is 0 Å². The van der Waals surface area contributed by atoms with Gasteiger partial charge in [-0.2, -0.15) is 0 Å². The third-order valence-electron chi connectivity index (χ3n) is 3.63. The van der Waals surface area contributed by atoms with E-state index < -0.39 is 0 Å². The maximum atomic E-state index is 11.7. The summed E-state index contributed by atoms with van der Waals surface area (Å²) < 4.78 is 5.03. The number of ether oxygens (including phenoxy) is 1. The molecule has 0 spiro atoms. The van der Waals surface area contributed by atoms with Gasteiger partial charge in [-0.25, -0.2) is 4.79 Å². The van der Waals surface area contributed by atoms with Gasteiger partial charge in [0.25, 0.3) is 0 Å². The van der Waals surface area contributed by atoms with Crippen LogP contribution in [0.5, 0.6) is 0 Å². The van der Waals surface area contributed by atoms with Crippen molar-refractivity contribution in [1.82, 2.24) is 0 Å². The van der Waals surface area contributed by atoms with Crippen LogP contribution in [-0.4, -0.2) is 32.3 Å². The molecule has 3 rings (SSSR count). The first-order valence-corrected chi connectivity index (χ1v) is 6.64. The standard InChI is InChI=1S/C14H18N2O2/c17-14-16(10-11-18-14)13-7-3-2-6-12(13)15-8-4-1-5-9-15/h2-3,6-7H,1,4-5,8-11H2. The van der Waals surface area contributed by atoms with Gasteiger partial charge in [0.2, 0.25) is 0 Å². The van der Waals surface area contributed by atoms with Crippen LogP contribution in [0.4, 0.5) is 16.2 Å². The molecular weight excluding hydrogens is 228 g/mol. The molecule has 0 aromatic heterocycles. The van der Waals surface area contributed by atoms with Crippen molar-refractivity contribution in [2.24, 2.45) is 0 Å². The molecule has 0 atom stereocenters. The molecule has 0 aliphatic carbocycles. The fourth-order valence-electron chi connectivity index (χ4n) is 2.71. The molecule has 2 aliphatic rings. The molecule has 0 unspecified atom stereocenters. The van der Waals surface area contributed by atoms with E-state index in [0.717, 1.165) is 24.5 Å². The quantitative estimate of drug-likeness (QED) is 0.804. The lowest BCUT2D eigenvalue weighted by Crippen LogP contribution is -2.32. The van der Waals surface area contributed by atoms with Gasteiger partial charge in [0.05, 0.1) is 17.9 Å². The zero-order chi connectivity index (χ0) is 12.4. The van der Waals surface area contributed by atoms with Gasteiger partial charge < -0.3 is 9.64 Å². The van der Waals surface area contributed by atoms with Crippen molar-refractivity contribution in [1.29, 1.82) is 0 Å². The number of hydrogen-bond acceptors (Lipinski definition) is 3. The molecule has 2 aliphatic heterocycles. The molecule has 1 aromatic carbocycles. The molecule has 2 saturated heterocycles. The van der Waals surface area contributed by atoms with Crippen LogP contribution < -0.4 is 9.80 Å². The summed E-state index contributed by atoms with van der Waals surface area (Å²) in [6, 6.07) is 8.13. The van der Waals surface area contributed by atoms with E-state index in [9.17, 15) is 4.79 Å². The van der Waals surface area contributed by atoms with Gasteiger partial charge in [-0.05, 0) is 31.4 Å². The smallest absolute Gasteiger partial charge is 0.414 e. The second-order valence-electron chi connectivity index (χ2n) is 4.80. The normalized spacial score (nSPS) is 20.1. The number of piperidine rings is 1. The van der Waals surface area contributed by atoms with Crippen molar-refractivity contribution in [3.8, 4) is 0 Å². The SMILES string of the molecule is O=C1OCCN1c1ccccc1N1CCCCC1. The Kier molecular flexibility index (Phi) is 3.09. The minimum atomic E-state index is -0.223. The van der Waals surface area contributed by atoms with Crippen LogP contribution in [0.3, 0.4) is 0 Å². The van der Waals surface area contributed by atoms with Crippen LogP contribution in [0.1, 0.15) is 19.3 Å². The highest BCUT2D eigenvalue weighted by Crippen LogP contribution is 2.32. The molecule has 4 heteroatoms. The largest absolute Gasteiger partial charge is 0.447 e. The van der Waals surface area contributed by atoms with Crippen LogP contribution in [0.25, 0.3) is 0 Å². The number of nitrogens with zero attached hydrogens (tertiary/aromatic N) is 2. The molecule has 0 bridgehead atoms. The Balaban J connectivity index is 1.91. The summed E-state index contributed by atoms with van der Waals surface area (Å²) in [7, 11) is 0. The lowest BCUT2D eigenvalue weighted by molar-refractivity contribution is 0.181. The lowest BCUT2D eigenvalue weighted by atomic mass is 10.1. The van der Waals surface area contributed by atoms with Crippen molar-refractivity contribution >= 4 is 17.5 Å². The second-order valence-corrected chi connectivity index (χ2v) is 4.80. The summed E-state index contributed by atoms with van der Waals surface area (Å²) in [6.45, 7) is 3.32. The Bertz CT molecular complexity index is 441. The molecule has 2 heterocycles. The summed E-state index contributed by atoms with van der Waals surface area (Å²) in [6.07, 6.45) is 3.56. The highest BCUT2D eigenvalue weighted by Gasteiger charge is 2.27. The van der Waals surface area contributed by atoms with E-state index in [4.69, 9.17) is 4.74 Å². The van der Waals surface area contributed by atoms with E-state index >= 15 is 0 Å². The summed E-state index contributed by atoms with van der Waals surface area (Å²) in [5.41, 5.74) is 2.15. The minimum absolute atomic E-state index is 0.223. The predicted molar refractivity (Wildman–Crippen MR) is 71.2 cm³/mol. The van der Waals surface area contributed by atoms with Gasteiger partial charge >= 0.3 is 6.09 Å². The fraction of sp³-hybridized carbons (Fsp3) is 0.500. The highest BCUT2D eigenvalue weighted by atomic mass is 16.6. The third-order valence-corrected chi connectivity index (χ3v) is 3.63. The monoisotopic (exact) mass is 246 g/mol. The number of hydrogen-bond donors (Lipinski definition) is 0. The molecule has 4 nitrogen and oxygen atoms in total. The van der Waals surface area contributed by atoms with E-state index in [-0.39, 0.29) is 6.09 Å². The molecule has 2 fully saturated rings. The van der Waals surface area contributed by atoms with E-state index in [0.29, 0.717) is 13.2 Å². The molecule has 1 aromatic rings. The Labute approximate surface area is 107 Å². The van der Waals surface area contributed by atoms with Gasteiger partial charge in [-0.15, -0.1) is 0 Å². The number of rotatable bonds is 2. The van der Waals surface area contributed by atoms with E-state index in [1.807, 2.05) is 18.2 Å². The highest BCUT2D eigenvalue weighted by molar-refractivity contribution is 5.93. The van der Waals surface area contributed by atoms with Gasteiger partial charge in [-0.3, -0.25) is 4.90 Å². The van der Waals surface area contributed by atoms with Crippen LogP contribution in [0, 0.1) is 0 Å². The first-order chi connectivity index (χ1) is 8.86. The molecule has 18 heavy (non-hydrogen) atoms.